The van der Waals surface area contributed by atoms with Crippen LogP contribution in [-0.4, -0.2) is 34.4 Å². The minimum absolute atomic E-state index is 0.0659. The lowest BCUT2D eigenvalue weighted by Gasteiger charge is -2.29. The molecule has 0 radical (unpaired) electrons. The van der Waals surface area contributed by atoms with E-state index in [1.54, 1.807) is 12.1 Å². The number of nitrogens with two attached hydrogens (primary N) is 1. The zero-order chi connectivity index (χ0) is 20.1. The molecular weight excluding hydrogens is 352 g/mol. The summed E-state index contributed by atoms with van der Waals surface area (Å²) in [4.78, 5) is 12.5. The molecule has 2 rings (SSSR count). The third-order valence-electron chi connectivity index (χ3n) is 4.27. The lowest BCUT2D eigenvalue weighted by Crippen LogP contribution is -2.26. The number of rotatable bonds is 6. The Labute approximate surface area is 157 Å². The first kappa shape index (κ1) is 20.0. The topological polar surface area (TPSA) is 113 Å². The Morgan fingerprint density at radius 3 is 2.33 bits per heavy atom. The summed E-state index contributed by atoms with van der Waals surface area (Å²) in [6.45, 7) is 1.81. The van der Waals surface area contributed by atoms with Gasteiger partial charge in [-0.25, -0.2) is 4.79 Å². The second-order valence-corrected chi connectivity index (χ2v) is 5.53. The maximum atomic E-state index is 12.5. The van der Waals surface area contributed by atoms with E-state index in [0.29, 0.717) is 35.0 Å². The molecule has 1 aliphatic heterocycles. The van der Waals surface area contributed by atoms with Gasteiger partial charge in [-0.15, -0.1) is 0 Å². The molecule has 8 heteroatoms. The highest BCUT2D eigenvalue weighted by Crippen LogP contribution is 2.49. The largest absolute Gasteiger partial charge is 0.493 e. The molecule has 2 N–H and O–H groups in total. The molecule has 1 aromatic carbocycles. The van der Waals surface area contributed by atoms with Crippen molar-refractivity contribution in [2.45, 2.75) is 19.3 Å². The van der Waals surface area contributed by atoms with E-state index in [1.165, 1.54) is 28.4 Å². The molecule has 0 amide bonds. The summed E-state index contributed by atoms with van der Waals surface area (Å²) in [7, 11) is 5.69. The summed E-state index contributed by atoms with van der Waals surface area (Å²) in [6, 6.07) is 5.39. The van der Waals surface area contributed by atoms with E-state index in [4.69, 9.17) is 29.4 Å². The van der Waals surface area contributed by atoms with Crippen LogP contribution in [0.15, 0.2) is 34.9 Å². The third-order valence-corrected chi connectivity index (χ3v) is 4.27. The van der Waals surface area contributed by atoms with Gasteiger partial charge in [-0.05, 0) is 6.07 Å². The van der Waals surface area contributed by atoms with Crippen molar-refractivity contribution in [3.63, 3.8) is 0 Å². The number of allylic oxidation sites excluding steroid dienone is 2. The number of hydrogen-bond acceptors (Lipinski definition) is 8. The Morgan fingerprint density at radius 1 is 1.19 bits per heavy atom. The van der Waals surface area contributed by atoms with E-state index in [2.05, 4.69) is 0 Å². The van der Waals surface area contributed by atoms with Crippen molar-refractivity contribution >= 4 is 5.97 Å². The predicted molar refractivity (Wildman–Crippen MR) is 96.1 cm³/mol. The molecule has 0 aromatic heterocycles. The minimum Gasteiger partial charge on any atom is -0.493 e. The summed E-state index contributed by atoms with van der Waals surface area (Å²) >= 11 is 0. The van der Waals surface area contributed by atoms with Gasteiger partial charge in [-0.1, -0.05) is 13.0 Å². The molecule has 1 heterocycles. The molecule has 144 valence electrons. The van der Waals surface area contributed by atoms with Crippen LogP contribution in [-0.2, 0) is 14.3 Å². The Bertz CT molecular complexity index is 850. The van der Waals surface area contributed by atoms with E-state index in [0.717, 1.165) is 0 Å². The van der Waals surface area contributed by atoms with Crippen LogP contribution in [0.4, 0.5) is 0 Å². The van der Waals surface area contributed by atoms with Gasteiger partial charge in [0, 0.05) is 12.0 Å². The Kier molecular flexibility index (Phi) is 6.19. The van der Waals surface area contributed by atoms with Crippen LogP contribution >= 0.6 is 0 Å². The highest BCUT2D eigenvalue weighted by molar-refractivity contribution is 5.93. The molecule has 1 atom stereocenters. The molecule has 0 fully saturated rings. The van der Waals surface area contributed by atoms with Crippen LogP contribution in [0.2, 0.25) is 0 Å². The van der Waals surface area contributed by atoms with Crippen LogP contribution < -0.4 is 19.9 Å². The van der Waals surface area contributed by atoms with E-state index < -0.39 is 11.9 Å². The van der Waals surface area contributed by atoms with E-state index >= 15 is 0 Å². The maximum Gasteiger partial charge on any atom is 0.338 e. The number of esters is 1. The van der Waals surface area contributed by atoms with Gasteiger partial charge in [0.2, 0.25) is 11.6 Å². The highest BCUT2D eigenvalue weighted by Gasteiger charge is 2.39. The normalized spacial score (nSPS) is 16.4. The fourth-order valence-electron chi connectivity index (χ4n) is 3.08. The van der Waals surface area contributed by atoms with Gasteiger partial charge in [-0.3, -0.25) is 0 Å². The number of benzene rings is 1. The molecule has 8 nitrogen and oxygen atoms in total. The highest BCUT2D eigenvalue weighted by atomic mass is 16.5. The molecule has 0 spiro atoms. The SMILES string of the molecule is CCC1=C(C(=O)OC)C(c2ccc(OC)c(OC)c2OC)C(C#N)=C(N)O1. The fraction of sp³-hybridized carbons (Fsp3) is 0.368. The van der Waals surface area contributed by atoms with Crippen molar-refractivity contribution in [3.05, 3.63) is 40.5 Å². The van der Waals surface area contributed by atoms with E-state index in [-0.39, 0.29) is 17.0 Å². The molecule has 0 saturated carbocycles. The van der Waals surface area contributed by atoms with Crippen LogP contribution in [0.3, 0.4) is 0 Å². The van der Waals surface area contributed by atoms with Crippen LogP contribution in [0, 0.1) is 11.3 Å². The van der Waals surface area contributed by atoms with Crippen molar-refractivity contribution in [2.24, 2.45) is 5.73 Å². The molecule has 0 aliphatic carbocycles. The first-order valence-electron chi connectivity index (χ1n) is 8.16. The average Bonchev–Trinajstić information content (AvgIpc) is 2.70. The summed E-state index contributed by atoms with van der Waals surface area (Å²) in [6.07, 6.45) is 0.385. The summed E-state index contributed by atoms with van der Waals surface area (Å²) in [5, 5.41) is 9.68. The Balaban J connectivity index is 2.85. The minimum atomic E-state index is -0.832. The first-order valence-corrected chi connectivity index (χ1v) is 8.16. The third kappa shape index (κ3) is 3.36. The van der Waals surface area contributed by atoms with Crippen molar-refractivity contribution in [1.82, 2.24) is 0 Å². The zero-order valence-electron chi connectivity index (χ0n) is 15.9. The van der Waals surface area contributed by atoms with Crippen LogP contribution in [0.5, 0.6) is 17.2 Å². The second kappa shape index (κ2) is 8.36. The van der Waals surface area contributed by atoms with E-state index in [1.807, 2.05) is 13.0 Å². The Morgan fingerprint density at radius 2 is 1.85 bits per heavy atom. The quantitative estimate of drug-likeness (QED) is 0.755. The number of hydrogen-bond donors (Lipinski definition) is 1. The average molecular weight is 374 g/mol. The van der Waals surface area contributed by atoms with Gasteiger partial charge in [-0.2, -0.15) is 5.26 Å². The smallest absolute Gasteiger partial charge is 0.338 e. The first-order chi connectivity index (χ1) is 13.0. The molecule has 1 aromatic rings. The van der Waals surface area contributed by atoms with Crippen molar-refractivity contribution < 1.29 is 28.5 Å². The van der Waals surface area contributed by atoms with Crippen LogP contribution in [0.1, 0.15) is 24.8 Å². The van der Waals surface area contributed by atoms with Gasteiger partial charge >= 0.3 is 5.97 Å². The van der Waals surface area contributed by atoms with Gasteiger partial charge in [0.1, 0.15) is 17.4 Å². The number of carbonyl (C=O) groups is 1. The number of carbonyl (C=O) groups excluding carboxylic acids is 1. The second-order valence-electron chi connectivity index (χ2n) is 5.53. The number of nitriles is 1. The van der Waals surface area contributed by atoms with Gasteiger partial charge in [0.25, 0.3) is 0 Å². The predicted octanol–water partition coefficient (Wildman–Crippen LogP) is 2.36. The lowest BCUT2D eigenvalue weighted by atomic mass is 9.82. The van der Waals surface area contributed by atoms with Crippen LogP contribution in [0.25, 0.3) is 0 Å². The maximum absolute atomic E-state index is 12.5. The number of methoxy groups -OCH3 is 4. The fourth-order valence-corrected chi connectivity index (χ4v) is 3.08. The molecule has 27 heavy (non-hydrogen) atoms. The molecule has 0 bridgehead atoms. The van der Waals surface area contributed by atoms with Gasteiger partial charge in [0.05, 0.1) is 39.9 Å². The monoisotopic (exact) mass is 374 g/mol. The Hall–Kier alpha value is -3.34. The summed E-state index contributed by atoms with van der Waals surface area (Å²) in [5.74, 6) is -0.0814. The number of nitrogens with zero attached hydrogens (tertiary/aromatic N) is 1. The van der Waals surface area contributed by atoms with Crippen molar-refractivity contribution in [2.75, 3.05) is 28.4 Å². The standard InChI is InChI=1S/C19H22N2O6/c1-6-12-15(19(22)26-5)14(11(9-20)18(21)27-12)10-7-8-13(23-2)17(25-4)16(10)24-3/h7-8,14H,6,21H2,1-5H3. The summed E-state index contributed by atoms with van der Waals surface area (Å²) in [5.41, 5.74) is 6.73. The molecule has 1 unspecified atom stereocenters. The molecular formula is C19H22N2O6. The van der Waals surface area contributed by atoms with Gasteiger partial charge < -0.3 is 29.4 Å². The lowest BCUT2D eigenvalue weighted by molar-refractivity contribution is -0.136. The van der Waals surface area contributed by atoms with Crippen molar-refractivity contribution in [1.29, 1.82) is 5.26 Å². The van der Waals surface area contributed by atoms with Crippen molar-refractivity contribution in [3.8, 4) is 23.3 Å². The van der Waals surface area contributed by atoms with Gasteiger partial charge in [0.15, 0.2) is 11.5 Å². The number of ether oxygens (including phenoxy) is 5. The van der Waals surface area contributed by atoms with E-state index in [9.17, 15) is 10.1 Å². The summed E-state index contributed by atoms with van der Waals surface area (Å²) < 4.78 is 26.7. The molecule has 0 saturated heterocycles. The molecule has 1 aliphatic rings. The zero-order valence-corrected chi connectivity index (χ0v) is 15.9.